The first kappa shape index (κ1) is 41.9. The van der Waals surface area contributed by atoms with Crippen LogP contribution in [0.25, 0.3) is 0 Å². The van der Waals surface area contributed by atoms with Crippen LogP contribution in [-0.4, -0.2) is 29.5 Å². The molecule has 0 aromatic heterocycles. The van der Waals surface area contributed by atoms with E-state index in [0.717, 1.165) is 19.6 Å². The highest BCUT2D eigenvalue weighted by molar-refractivity contribution is 4.52. The van der Waals surface area contributed by atoms with E-state index in [4.69, 9.17) is 0 Å². The molecule has 0 rings (SSSR count). The first-order valence-electron chi connectivity index (χ1n) is 20.3. The summed E-state index contributed by atoms with van der Waals surface area (Å²) in [6, 6.07) is 0. The Morgan fingerprint density at radius 2 is 0.429 bits per heavy atom. The topological polar surface area (TPSA) is 20.2 Å². The zero-order valence-electron chi connectivity index (χ0n) is 30.1. The van der Waals surface area contributed by atoms with Crippen LogP contribution >= 0.6 is 0 Å². The van der Waals surface area contributed by atoms with Crippen molar-refractivity contribution >= 4 is 0 Å². The van der Waals surface area contributed by atoms with Gasteiger partial charge in [-0.2, -0.15) is 4.65 Å². The second-order valence-electron chi connectivity index (χ2n) is 14.2. The highest BCUT2D eigenvalue weighted by Crippen LogP contribution is 2.17. The molecule has 0 bridgehead atoms. The van der Waals surface area contributed by atoms with Crippen LogP contribution in [0.4, 0.5) is 0 Å². The van der Waals surface area contributed by atoms with Gasteiger partial charge in [-0.1, -0.05) is 206 Å². The molecule has 0 aromatic rings. The Kier molecular flexibility index (Phi) is 35.3. The van der Waals surface area contributed by atoms with Crippen LogP contribution in [-0.2, 0) is 0 Å². The molecule has 0 aliphatic rings. The third-order valence-electron chi connectivity index (χ3n) is 9.94. The van der Waals surface area contributed by atoms with Gasteiger partial charge in [0, 0.05) is 0 Å². The summed E-state index contributed by atoms with van der Waals surface area (Å²) in [5.41, 5.74) is 0. The van der Waals surface area contributed by atoms with Crippen LogP contribution in [0, 0.1) is 0 Å². The van der Waals surface area contributed by atoms with Crippen LogP contribution in [0.1, 0.15) is 239 Å². The molecule has 0 aromatic carbocycles. The Hall–Kier alpha value is -0.0800. The molecule has 42 heavy (non-hydrogen) atoms. The Bertz CT molecular complexity index is 480. The maximum absolute atomic E-state index is 11.0. The highest BCUT2D eigenvalue weighted by atomic mass is 16.5. The van der Waals surface area contributed by atoms with E-state index in [1.165, 1.54) is 218 Å². The largest absolute Gasteiger partial charge is 0.217 e. The lowest BCUT2D eigenvalue weighted by atomic mass is 10.0. The zero-order chi connectivity index (χ0) is 30.7. The first-order valence-corrected chi connectivity index (χ1v) is 20.3. The summed E-state index contributed by atoms with van der Waals surface area (Å²) < 4.78 is 0.317. The van der Waals surface area contributed by atoms with Gasteiger partial charge >= 0.3 is 0 Å². The SMILES string of the molecule is CCCCCCCCCCCCCCCCCCCC[N+](O)(CC)CCCCCCCCCCCCCCCCCC. The molecule has 0 radical (unpaired) electrons. The van der Waals surface area contributed by atoms with E-state index in [9.17, 15) is 5.21 Å². The van der Waals surface area contributed by atoms with Crippen molar-refractivity contribution in [3.8, 4) is 0 Å². The van der Waals surface area contributed by atoms with Crippen molar-refractivity contribution in [2.75, 3.05) is 19.6 Å². The fourth-order valence-corrected chi connectivity index (χ4v) is 6.69. The van der Waals surface area contributed by atoms with Crippen molar-refractivity contribution in [1.29, 1.82) is 0 Å². The first-order chi connectivity index (χ1) is 20.7. The number of rotatable bonds is 37. The number of hydroxylamine groups is 3. The molecule has 1 N–H and O–H groups in total. The normalized spacial score (nSPS) is 13.1. The third-order valence-corrected chi connectivity index (χ3v) is 9.94. The monoisotopic (exact) mass is 595 g/mol. The number of hydrogen-bond acceptors (Lipinski definition) is 1. The standard InChI is InChI=1S/C40H84NO/c1-4-7-9-11-13-15-17-19-21-23-24-26-28-30-32-34-36-38-40-41(42,6-3)39-37-35-33-31-29-27-25-22-20-18-16-14-12-10-8-5-2/h42H,4-40H2,1-3H3/q+1. The minimum Gasteiger partial charge on any atom is -0.217 e. The summed E-state index contributed by atoms with van der Waals surface area (Å²) in [5.74, 6) is 0. The predicted octanol–water partition coefficient (Wildman–Crippen LogP) is 14.5. The average molecular weight is 595 g/mol. The number of unbranched alkanes of at least 4 members (excludes halogenated alkanes) is 32. The van der Waals surface area contributed by atoms with Gasteiger partial charge in [0.25, 0.3) is 0 Å². The van der Waals surface area contributed by atoms with Gasteiger partial charge in [-0.25, -0.2) is 5.21 Å². The van der Waals surface area contributed by atoms with E-state index in [-0.39, 0.29) is 0 Å². The molecule has 1 unspecified atom stereocenters. The molecular weight excluding hydrogens is 510 g/mol. The fraction of sp³-hybridized carbons (Fsp3) is 1.00. The lowest BCUT2D eigenvalue weighted by Crippen LogP contribution is -2.46. The summed E-state index contributed by atoms with van der Waals surface area (Å²) in [6.45, 7) is 9.58. The summed E-state index contributed by atoms with van der Waals surface area (Å²) in [4.78, 5) is 0. The minimum absolute atomic E-state index is 0.317. The Morgan fingerprint density at radius 1 is 0.262 bits per heavy atom. The molecular formula is C40H84NO+. The van der Waals surface area contributed by atoms with Gasteiger partial charge < -0.3 is 0 Å². The second-order valence-corrected chi connectivity index (χ2v) is 14.2. The Balaban J connectivity index is 3.37. The van der Waals surface area contributed by atoms with Crippen LogP contribution in [0.5, 0.6) is 0 Å². The van der Waals surface area contributed by atoms with Crippen LogP contribution < -0.4 is 0 Å². The predicted molar refractivity (Wildman–Crippen MR) is 191 cm³/mol. The summed E-state index contributed by atoms with van der Waals surface area (Å²) in [5, 5.41) is 11.0. The smallest absolute Gasteiger partial charge is 0.109 e. The number of nitrogens with zero attached hydrogens (tertiary/aromatic N) is 1. The van der Waals surface area contributed by atoms with E-state index < -0.39 is 0 Å². The molecule has 0 amide bonds. The second kappa shape index (κ2) is 35.4. The van der Waals surface area contributed by atoms with Crippen LogP contribution in [0.2, 0.25) is 0 Å². The van der Waals surface area contributed by atoms with E-state index in [2.05, 4.69) is 20.8 Å². The third kappa shape index (κ3) is 32.8. The maximum atomic E-state index is 11.0. The van der Waals surface area contributed by atoms with Gasteiger partial charge in [-0.15, -0.1) is 0 Å². The van der Waals surface area contributed by atoms with Crippen molar-refractivity contribution in [3.63, 3.8) is 0 Å². The van der Waals surface area contributed by atoms with Crippen molar-refractivity contribution in [2.45, 2.75) is 239 Å². The van der Waals surface area contributed by atoms with Gasteiger partial charge in [0.1, 0.15) is 19.6 Å². The van der Waals surface area contributed by atoms with Crippen molar-refractivity contribution in [1.82, 2.24) is 0 Å². The molecule has 0 heterocycles. The van der Waals surface area contributed by atoms with E-state index in [0.29, 0.717) is 4.65 Å². The van der Waals surface area contributed by atoms with Crippen molar-refractivity contribution in [3.05, 3.63) is 0 Å². The molecule has 2 nitrogen and oxygen atoms in total. The minimum atomic E-state index is 0.317. The van der Waals surface area contributed by atoms with E-state index in [1.807, 2.05) is 0 Å². The molecule has 0 aliphatic heterocycles. The lowest BCUT2D eigenvalue weighted by Gasteiger charge is -2.29. The molecule has 2 heteroatoms. The van der Waals surface area contributed by atoms with Crippen LogP contribution in [0.3, 0.4) is 0 Å². The number of quaternary nitrogens is 1. The molecule has 254 valence electrons. The van der Waals surface area contributed by atoms with Crippen molar-refractivity contribution < 1.29 is 9.85 Å². The molecule has 0 aliphatic carbocycles. The van der Waals surface area contributed by atoms with Gasteiger partial charge in [0.2, 0.25) is 0 Å². The summed E-state index contributed by atoms with van der Waals surface area (Å²) in [7, 11) is 0. The Morgan fingerprint density at radius 3 is 0.595 bits per heavy atom. The highest BCUT2D eigenvalue weighted by Gasteiger charge is 2.21. The summed E-state index contributed by atoms with van der Waals surface area (Å²) in [6.07, 6.45) is 48.1. The summed E-state index contributed by atoms with van der Waals surface area (Å²) >= 11 is 0. The van der Waals surface area contributed by atoms with Crippen LogP contribution in [0.15, 0.2) is 0 Å². The quantitative estimate of drug-likeness (QED) is 0.0431. The molecule has 0 fully saturated rings. The van der Waals surface area contributed by atoms with Gasteiger partial charge in [0.15, 0.2) is 0 Å². The Labute approximate surface area is 268 Å². The lowest BCUT2D eigenvalue weighted by molar-refractivity contribution is -1.10. The molecule has 0 saturated carbocycles. The molecule has 0 saturated heterocycles. The van der Waals surface area contributed by atoms with Gasteiger partial charge in [-0.3, -0.25) is 0 Å². The average Bonchev–Trinajstić information content (AvgIpc) is 3.00. The van der Waals surface area contributed by atoms with Gasteiger partial charge in [-0.05, 0) is 32.6 Å². The molecule has 1 atom stereocenters. The molecule has 0 spiro atoms. The van der Waals surface area contributed by atoms with E-state index >= 15 is 0 Å². The maximum Gasteiger partial charge on any atom is 0.109 e. The number of hydrogen-bond donors (Lipinski definition) is 1. The fourth-order valence-electron chi connectivity index (χ4n) is 6.69. The van der Waals surface area contributed by atoms with Crippen molar-refractivity contribution in [2.24, 2.45) is 0 Å². The zero-order valence-corrected chi connectivity index (χ0v) is 30.1. The van der Waals surface area contributed by atoms with Gasteiger partial charge in [0.05, 0.1) is 0 Å². The van der Waals surface area contributed by atoms with E-state index in [1.54, 1.807) is 0 Å².